The molecule has 0 aromatic carbocycles. The number of aryl methyl sites for hydroxylation is 1. The number of hydrazine groups is 1. The molecule has 8 nitrogen and oxygen atoms in total. The van der Waals surface area contributed by atoms with Crippen LogP contribution in [-0.4, -0.2) is 27.8 Å². The van der Waals surface area contributed by atoms with E-state index in [9.17, 15) is 9.59 Å². The number of nitrogens with two attached hydrogens (primary N) is 1. The molecule has 1 aromatic heterocycles. The second-order valence-electron chi connectivity index (χ2n) is 3.98. The average molecular weight is 250 g/mol. The first kappa shape index (κ1) is 12.2. The maximum absolute atomic E-state index is 11.6. The van der Waals surface area contributed by atoms with Crippen molar-refractivity contribution in [3.8, 4) is 0 Å². The fourth-order valence-electron chi connectivity index (χ4n) is 1.73. The number of piperidine rings is 1. The minimum atomic E-state index is -0.470. The Morgan fingerprint density at radius 2 is 2.11 bits per heavy atom. The first-order valence-corrected chi connectivity index (χ1v) is 5.51. The number of imide groups is 1. The summed E-state index contributed by atoms with van der Waals surface area (Å²) in [6.45, 7) is 1.72. The summed E-state index contributed by atoms with van der Waals surface area (Å²) in [7, 11) is 0. The molecule has 2 amide bonds. The van der Waals surface area contributed by atoms with Gasteiger partial charge in [-0.2, -0.15) is 0 Å². The molecule has 1 aromatic rings. The Balaban J connectivity index is 2.11. The smallest absolute Gasteiger partial charge is 0.249 e. The minimum Gasteiger partial charge on any atom is -0.358 e. The highest BCUT2D eigenvalue weighted by molar-refractivity contribution is 6.01. The molecule has 0 saturated carbocycles. The molecule has 0 bridgehead atoms. The molecule has 1 aliphatic rings. The van der Waals surface area contributed by atoms with Crippen LogP contribution in [0.15, 0.2) is 6.07 Å². The Morgan fingerprint density at radius 3 is 2.78 bits per heavy atom. The number of hydrogen-bond acceptors (Lipinski definition) is 7. The molecule has 2 heterocycles. The average Bonchev–Trinajstić information content (AvgIpc) is 2.32. The Kier molecular flexibility index (Phi) is 3.38. The number of rotatable bonds is 3. The summed E-state index contributed by atoms with van der Waals surface area (Å²) in [4.78, 5) is 30.8. The largest absolute Gasteiger partial charge is 0.358 e. The van der Waals surface area contributed by atoms with Crippen molar-refractivity contribution in [2.75, 3.05) is 10.7 Å². The Morgan fingerprint density at radius 1 is 1.39 bits per heavy atom. The summed E-state index contributed by atoms with van der Waals surface area (Å²) in [5, 5.41) is 5.22. The molecule has 18 heavy (non-hydrogen) atoms. The van der Waals surface area contributed by atoms with Crippen LogP contribution in [0.25, 0.3) is 0 Å². The predicted octanol–water partition coefficient (Wildman–Crippen LogP) is -0.712. The van der Waals surface area contributed by atoms with Gasteiger partial charge >= 0.3 is 0 Å². The first-order chi connectivity index (χ1) is 8.58. The van der Waals surface area contributed by atoms with Crippen LogP contribution in [-0.2, 0) is 9.59 Å². The SMILES string of the molecule is Cc1nc(NN)cc(NC2CCC(=O)NC2=O)n1. The van der Waals surface area contributed by atoms with Crippen LogP contribution in [0.5, 0.6) is 0 Å². The van der Waals surface area contributed by atoms with Gasteiger partial charge in [-0.1, -0.05) is 0 Å². The third kappa shape index (κ3) is 2.72. The molecule has 0 spiro atoms. The lowest BCUT2D eigenvalue weighted by atomic mass is 10.1. The fourth-order valence-corrected chi connectivity index (χ4v) is 1.73. The fraction of sp³-hybridized carbons (Fsp3) is 0.400. The zero-order chi connectivity index (χ0) is 13.1. The Hall–Kier alpha value is -2.22. The molecule has 1 aliphatic heterocycles. The van der Waals surface area contributed by atoms with Crippen molar-refractivity contribution in [2.45, 2.75) is 25.8 Å². The lowest BCUT2D eigenvalue weighted by Crippen LogP contribution is -2.47. The van der Waals surface area contributed by atoms with Crippen molar-refractivity contribution in [3.05, 3.63) is 11.9 Å². The van der Waals surface area contributed by atoms with Crippen LogP contribution >= 0.6 is 0 Å². The van der Waals surface area contributed by atoms with Crippen LogP contribution in [0.4, 0.5) is 11.6 Å². The zero-order valence-corrected chi connectivity index (χ0v) is 9.86. The number of hydrogen-bond donors (Lipinski definition) is 4. The zero-order valence-electron chi connectivity index (χ0n) is 9.86. The summed E-state index contributed by atoms with van der Waals surface area (Å²) in [5.74, 6) is 6.16. The standard InChI is InChI=1S/C10H14N6O2/c1-5-12-7(4-8(13-5)16-11)14-6-2-3-9(17)15-10(6)18/h4,6H,2-3,11H2,1H3,(H,15,17,18)(H2,12,13,14,16). The Bertz CT molecular complexity index is 489. The van der Waals surface area contributed by atoms with Gasteiger partial charge in [-0.3, -0.25) is 14.9 Å². The van der Waals surface area contributed by atoms with Gasteiger partial charge in [-0.25, -0.2) is 15.8 Å². The molecule has 0 aliphatic carbocycles. The van der Waals surface area contributed by atoms with Crippen molar-refractivity contribution in [3.63, 3.8) is 0 Å². The van der Waals surface area contributed by atoms with Gasteiger partial charge in [-0.15, -0.1) is 0 Å². The van der Waals surface area contributed by atoms with Gasteiger partial charge in [0.15, 0.2) is 0 Å². The van der Waals surface area contributed by atoms with Crippen molar-refractivity contribution in [1.29, 1.82) is 0 Å². The number of nitrogen functional groups attached to an aromatic ring is 1. The van der Waals surface area contributed by atoms with E-state index in [1.54, 1.807) is 13.0 Å². The number of anilines is 2. The maximum Gasteiger partial charge on any atom is 0.249 e. The van der Waals surface area contributed by atoms with E-state index in [1.807, 2.05) is 0 Å². The third-order valence-corrected chi connectivity index (χ3v) is 2.55. The number of carbonyl (C=O) groups is 2. The van der Waals surface area contributed by atoms with E-state index in [1.165, 1.54) is 0 Å². The summed E-state index contributed by atoms with van der Waals surface area (Å²) >= 11 is 0. The Labute approximate surface area is 103 Å². The van der Waals surface area contributed by atoms with Crippen molar-refractivity contribution < 1.29 is 9.59 Å². The van der Waals surface area contributed by atoms with Crippen LogP contribution in [0.3, 0.4) is 0 Å². The quantitative estimate of drug-likeness (QED) is 0.317. The van der Waals surface area contributed by atoms with Gasteiger partial charge in [0.2, 0.25) is 11.8 Å². The predicted molar refractivity (Wildman–Crippen MR) is 64.4 cm³/mol. The molecule has 1 atom stereocenters. The number of aromatic nitrogens is 2. The van der Waals surface area contributed by atoms with E-state index in [0.29, 0.717) is 30.3 Å². The molecule has 0 radical (unpaired) electrons. The highest BCUT2D eigenvalue weighted by Gasteiger charge is 2.26. The second kappa shape index (κ2) is 4.96. The van der Waals surface area contributed by atoms with Gasteiger partial charge < -0.3 is 10.7 Å². The topological polar surface area (TPSA) is 122 Å². The summed E-state index contributed by atoms with van der Waals surface area (Å²) < 4.78 is 0. The number of carbonyl (C=O) groups excluding carboxylic acids is 2. The molecule has 96 valence electrons. The van der Waals surface area contributed by atoms with Gasteiger partial charge in [0.1, 0.15) is 23.5 Å². The second-order valence-corrected chi connectivity index (χ2v) is 3.98. The molecule has 5 N–H and O–H groups in total. The first-order valence-electron chi connectivity index (χ1n) is 5.51. The van der Waals surface area contributed by atoms with Gasteiger partial charge in [-0.05, 0) is 13.3 Å². The van der Waals surface area contributed by atoms with E-state index >= 15 is 0 Å². The molecular weight excluding hydrogens is 236 g/mol. The van der Waals surface area contributed by atoms with Crippen LogP contribution in [0.2, 0.25) is 0 Å². The van der Waals surface area contributed by atoms with E-state index in [-0.39, 0.29) is 11.8 Å². The lowest BCUT2D eigenvalue weighted by molar-refractivity contribution is -0.133. The highest BCUT2D eigenvalue weighted by atomic mass is 16.2. The molecule has 2 rings (SSSR count). The van der Waals surface area contributed by atoms with Crippen LogP contribution < -0.4 is 21.9 Å². The van der Waals surface area contributed by atoms with Gasteiger partial charge in [0, 0.05) is 12.5 Å². The van der Waals surface area contributed by atoms with E-state index < -0.39 is 6.04 Å². The molecule has 8 heteroatoms. The van der Waals surface area contributed by atoms with Crippen molar-refractivity contribution in [1.82, 2.24) is 15.3 Å². The van der Waals surface area contributed by atoms with Crippen molar-refractivity contribution >= 4 is 23.5 Å². The normalized spacial score (nSPS) is 19.3. The molecule has 1 saturated heterocycles. The summed E-state index contributed by atoms with van der Waals surface area (Å²) in [6.07, 6.45) is 0.759. The molecular formula is C10H14N6O2. The number of amides is 2. The van der Waals surface area contributed by atoms with Gasteiger partial charge in [0.25, 0.3) is 0 Å². The molecule has 1 unspecified atom stereocenters. The van der Waals surface area contributed by atoms with E-state index in [0.717, 1.165) is 0 Å². The maximum atomic E-state index is 11.6. The van der Waals surface area contributed by atoms with Gasteiger partial charge in [0.05, 0.1) is 0 Å². The number of nitrogens with zero attached hydrogens (tertiary/aromatic N) is 2. The van der Waals surface area contributed by atoms with Crippen LogP contribution in [0.1, 0.15) is 18.7 Å². The monoisotopic (exact) mass is 250 g/mol. The minimum absolute atomic E-state index is 0.249. The highest BCUT2D eigenvalue weighted by Crippen LogP contribution is 2.14. The lowest BCUT2D eigenvalue weighted by Gasteiger charge is -2.22. The van der Waals surface area contributed by atoms with Crippen LogP contribution in [0, 0.1) is 6.92 Å². The number of nitrogens with one attached hydrogen (secondary N) is 3. The van der Waals surface area contributed by atoms with Crippen molar-refractivity contribution in [2.24, 2.45) is 5.84 Å². The van der Waals surface area contributed by atoms with E-state index in [2.05, 4.69) is 26.0 Å². The molecule has 1 fully saturated rings. The summed E-state index contributed by atoms with van der Waals surface area (Å²) in [6, 6.07) is 1.12. The third-order valence-electron chi connectivity index (χ3n) is 2.55. The summed E-state index contributed by atoms with van der Waals surface area (Å²) in [5.41, 5.74) is 2.42. The van der Waals surface area contributed by atoms with E-state index in [4.69, 9.17) is 5.84 Å².